The summed E-state index contributed by atoms with van der Waals surface area (Å²) in [7, 11) is 4.01. The lowest BCUT2D eigenvalue weighted by molar-refractivity contribution is 0.126. The van der Waals surface area contributed by atoms with Crippen molar-refractivity contribution < 1.29 is 4.84 Å². The molecule has 21 heavy (non-hydrogen) atoms. The van der Waals surface area contributed by atoms with Crippen molar-refractivity contribution in [3.05, 3.63) is 64.4 Å². The smallest absolute Gasteiger partial charge is 0.129 e. The van der Waals surface area contributed by atoms with E-state index in [1.54, 1.807) is 12.4 Å². The average Bonchev–Trinajstić information content (AvgIpc) is 2.49. The molecule has 5 heteroatoms. The molecule has 0 aliphatic heterocycles. The van der Waals surface area contributed by atoms with Crippen LogP contribution in [-0.4, -0.2) is 42.8 Å². The summed E-state index contributed by atoms with van der Waals surface area (Å²) < 4.78 is 1.03. The van der Waals surface area contributed by atoms with E-state index in [1.807, 2.05) is 50.5 Å². The van der Waals surface area contributed by atoms with Crippen molar-refractivity contribution >= 4 is 21.6 Å². The molecule has 1 heterocycles. The predicted octanol–water partition coefficient (Wildman–Crippen LogP) is 3.17. The number of likely N-dealkylation sites (N-methyl/N-ethyl adjacent to an activating group) is 1. The van der Waals surface area contributed by atoms with Crippen molar-refractivity contribution in [1.82, 2.24) is 9.88 Å². The van der Waals surface area contributed by atoms with Crippen molar-refractivity contribution in [1.29, 1.82) is 0 Å². The van der Waals surface area contributed by atoms with Crippen LogP contribution in [0.3, 0.4) is 0 Å². The van der Waals surface area contributed by atoms with Crippen LogP contribution < -0.4 is 0 Å². The molecule has 0 N–H and O–H groups in total. The highest BCUT2D eigenvalue weighted by atomic mass is 79.9. The second-order valence-electron chi connectivity index (χ2n) is 4.82. The Kier molecular flexibility index (Phi) is 5.90. The fourth-order valence-electron chi connectivity index (χ4n) is 1.72. The van der Waals surface area contributed by atoms with Crippen LogP contribution in [0, 0.1) is 0 Å². The van der Waals surface area contributed by atoms with Crippen LogP contribution in [0.1, 0.15) is 11.1 Å². The Morgan fingerprint density at radius 3 is 2.57 bits per heavy atom. The van der Waals surface area contributed by atoms with E-state index in [4.69, 9.17) is 4.84 Å². The lowest BCUT2D eigenvalue weighted by Crippen LogP contribution is -2.17. The number of benzene rings is 1. The third kappa shape index (κ3) is 4.95. The molecular weight excluding hydrogens is 330 g/mol. The number of halogens is 1. The third-order valence-corrected chi connectivity index (χ3v) is 3.37. The summed E-state index contributed by atoms with van der Waals surface area (Å²) in [4.78, 5) is 11.7. The van der Waals surface area contributed by atoms with Crippen LogP contribution in [0.15, 0.2) is 58.4 Å². The van der Waals surface area contributed by atoms with Crippen molar-refractivity contribution in [3.63, 3.8) is 0 Å². The molecule has 1 aromatic carbocycles. The molecule has 2 rings (SSSR count). The standard InChI is InChI=1S/C16H18BrN3O/c1-20(2)10-11-21-19-16(14-4-3-9-18-12-14)13-5-7-15(17)8-6-13/h3-9,12H,10-11H2,1-2H3/b19-16-. The summed E-state index contributed by atoms with van der Waals surface area (Å²) in [5, 5.41) is 4.30. The van der Waals surface area contributed by atoms with Gasteiger partial charge >= 0.3 is 0 Å². The zero-order valence-electron chi connectivity index (χ0n) is 12.2. The molecule has 0 aliphatic rings. The normalized spacial score (nSPS) is 11.7. The Morgan fingerprint density at radius 1 is 1.19 bits per heavy atom. The Labute approximate surface area is 133 Å². The first-order valence-corrected chi connectivity index (χ1v) is 7.47. The molecule has 0 amide bonds. The minimum absolute atomic E-state index is 0.549. The maximum absolute atomic E-state index is 5.45. The Bertz CT molecular complexity index is 582. The van der Waals surface area contributed by atoms with E-state index in [-0.39, 0.29) is 0 Å². The molecule has 0 spiro atoms. The summed E-state index contributed by atoms with van der Waals surface area (Å²) >= 11 is 3.44. The summed E-state index contributed by atoms with van der Waals surface area (Å²) in [6.45, 7) is 1.37. The van der Waals surface area contributed by atoms with E-state index >= 15 is 0 Å². The summed E-state index contributed by atoms with van der Waals surface area (Å²) in [6.07, 6.45) is 3.53. The Morgan fingerprint density at radius 2 is 1.95 bits per heavy atom. The van der Waals surface area contributed by atoms with E-state index < -0.39 is 0 Å². The van der Waals surface area contributed by atoms with Gasteiger partial charge in [0.15, 0.2) is 0 Å². The van der Waals surface area contributed by atoms with E-state index in [1.165, 1.54) is 0 Å². The number of hydrogen-bond donors (Lipinski definition) is 0. The van der Waals surface area contributed by atoms with Gasteiger partial charge < -0.3 is 9.74 Å². The van der Waals surface area contributed by atoms with E-state index in [9.17, 15) is 0 Å². The molecule has 0 unspecified atom stereocenters. The van der Waals surface area contributed by atoms with E-state index in [0.717, 1.165) is 27.9 Å². The van der Waals surface area contributed by atoms with Crippen molar-refractivity contribution in [2.24, 2.45) is 5.16 Å². The van der Waals surface area contributed by atoms with Gasteiger partial charge in [-0.25, -0.2) is 0 Å². The van der Waals surface area contributed by atoms with Crippen LogP contribution in [0.4, 0.5) is 0 Å². The molecule has 0 aliphatic carbocycles. The van der Waals surface area contributed by atoms with Gasteiger partial charge in [-0.2, -0.15) is 0 Å². The SMILES string of the molecule is CN(C)CCO/N=C(/c1ccc(Br)cc1)c1cccnc1. The van der Waals surface area contributed by atoms with Gasteiger partial charge in [-0.05, 0) is 38.4 Å². The molecule has 0 atom stereocenters. The number of rotatable bonds is 6. The number of hydrogen-bond acceptors (Lipinski definition) is 4. The van der Waals surface area contributed by atoms with Gasteiger partial charge in [0.05, 0.1) is 0 Å². The van der Waals surface area contributed by atoms with Crippen LogP contribution in [0.5, 0.6) is 0 Å². The maximum Gasteiger partial charge on any atom is 0.129 e. The van der Waals surface area contributed by atoms with Gasteiger partial charge in [-0.15, -0.1) is 0 Å². The molecule has 0 radical (unpaired) electrons. The number of aromatic nitrogens is 1. The van der Waals surface area contributed by atoms with Gasteiger partial charge in [0.2, 0.25) is 0 Å². The average molecular weight is 348 g/mol. The van der Waals surface area contributed by atoms with Gasteiger partial charge in [0.25, 0.3) is 0 Å². The molecule has 2 aromatic rings. The quantitative estimate of drug-likeness (QED) is 0.457. The van der Waals surface area contributed by atoms with Crippen molar-refractivity contribution in [2.75, 3.05) is 27.2 Å². The monoisotopic (exact) mass is 347 g/mol. The minimum Gasteiger partial charge on any atom is -0.394 e. The fourth-order valence-corrected chi connectivity index (χ4v) is 1.98. The van der Waals surface area contributed by atoms with Crippen molar-refractivity contribution in [2.45, 2.75) is 0 Å². The van der Waals surface area contributed by atoms with Crippen LogP contribution in [0.2, 0.25) is 0 Å². The molecule has 0 fully saturated rings. The minimum atomic E-state index is 0.549. The highest BCUT2D eigenvalue weighted by molar-refractivity contribution is 9.10. The van der Waals surface area contributed by atoms with Gasteiger partial charge in [-0.3, -0.25) is 4.98 Å². The Hall–Kier alpha value is -1.72. The lowest BCUT2D eigenvalue weighted by atomic mass is 10.0. The third-order valence-electron chi connectivity index (χ3n) is 2.84. The first-order valence-electron chi connectivity index (χ1n) is 6.68. The molecule has 110 valence electrons. The molecule has 0 saturated heterocycles. The highest BCUT2D eigenvalue weighted by Gasteiger charge is 2.08. The predicted molar refractivity (Wildman–Crippen MR) is 88.5 cm³/mol. The molecule has 0 saturated carbocycles. The second-order valence-corrected chi connectivity index (χ2v) is 5.74. The van der Waals surface area contributed by atoms with E-state index in [0.29, 0.717) is 6.61 Å². The number of nitrogens with zero attached hydrogens (tertiary/aromatic N) is 3. The zero-order valence-corrected chi connectivity index (χ0v) is 13.7. The first kappa shape index (κ1) is 15.7. The maximum atomic E-state index is 5.45. The Balaban J connectivity index is 2.22. The highest BCUT2D eigenvalue weighted by Crippen LogP contribution is 2.15. The first-order chi connectivity index (χ1) is 10.2. The zero-order chi connectivity index (χ0) is 15.1. The number of pyridine rings is 1. The lowest BCUT2D eigenvalue weighted by Gasteiger charge is -2.10. The van der Waals surface area contributed by atoms with Crippen LogP contribution >= 0.6 is 15.9 Å². The summed E-state index contributed by atoms with van der Waals surface area (Å²) in [5.41, 5.74) is 2.72. The topological polar surface area (TPSA) is 37.7 Å². The molecule has 4 nitrogen and oxygen atoms in total. The van der Waals surface area contributed by atoms with E-state index in [2.05, 4.69) is 31.0 Å². The van der Waals surface area contributed by atoms with Crippen LogP contribution in [0.25, 0.3) is 0 Å². The molecule has 0 bridgehead atoms. The van der Waals surface area contributed by atoms with Gasteiger partial charge in [-0.1, -0.05) is 33.2 Å². The van der Waals surface area contributed by atoms with Gasteiger partial charge in [0, 0.05) is 34.5 Å². The van der Waals surface area contributed by atoms with Gasteiger partial charge in [0.1, 0.15) is 12.3 Å². The molecule has 1 aromatic heterocycles. The largest absolute Gasteiger partial charge is 0.394 e. The second kappa shape index (κ2) is 7.90. The van der Waals surface area contributed by atoms with Crippen LogP contribution in [-0.2, 0) is 4.84 Å². The molecular formula is C16H18BrN3O. The fraction of sp³-hybridized carbons (Fsp3) is 0.250. The van der Waals surface area contributed by atoms with Crippen molar-refractivity contribution in [3.8, 4) is 0 Å². The summed E-state index contributed by atoms with van der Waals surface area (Å²) in [6, 6.07) is 11.9. The summed E-state index contributed by atoms with van der Waals surface area (Å²) in [5.74, 6) is 0. The number of oxime groups is 1.